The first-order valence-electron chi connectivity index (χ1n) is 8.61. The Hall–Kier alpha value is -1.71. The van der Waals surface area contributed by atoms with Crippen LogP contribution >= 0.6 is 35.6 Å². The predicted octanol–water partition coefficient (Wildman–Crippen LogP) is 6.33. The molecule has 0 fully saturated rings. The molecular weight excluding hydrogens is 401 g/mol. The van der Waals surface area contributed by atoms with Crippen LogP contribution in [0.2, 0.25) is 10.0 Å². The van der Waals surface area contributed by atoms with Crippen LogP contribution in [0.15, 0.2) is 72.8 Å². The van der Waals surface area contributed by atoms with Crippen molar-refractivity contribution in [1.29, 1.82) is 0 Å². The third-order valence-electron chi connectivity index (χ3n) is 4.08. The molecule has 0 spiro atoms. The molecule has 0 unspecified atom stereocenters. The summed E-state index contributed by atoms with van der Waals surface area (Å²) in [5.41, 5.74) is 3.46. The van der Waals surface area contributed by atoms with E-state index < -0.39 is 0 Å². The van der Waals surface area contributed by atoms with Crippen molar-refractivity contribution in [2.45, 2.75) is 19.6 Å². The first-order chi connectivity index (χ1) is 12.7. The van der Waals surface area contributed by atoms with Crippen molar-refractivity contribution in [3.05, 3.63) is 99.5 Å². The molecule has 0 heterocycles. The molecule has 0 atom stereocenters. The molecule has 0 radical (unpaired) electrons. The Kier molecular flexibility index (Phi) is 8.96. The second kappa shape index (κ2) is 11.2. The molecule has 3 rings (SSSR count). The first-order valence-corrected chi connectivity index (χ1v) is 9.36. The van der Waals surface area contributed by atoms with Crippen molar-refractivity contribution < 1.29 is 4.74 Å². The fourth-order valence-electron chi connectivity index (χ4n) is 2.64. The van der Waals surface area contributed by atoms with Crippen LogP contribution in [0.1, 0.15) is 16.7 Å². The molecule has 3 aromatic carbocycles. The number of nitrogens with one attached hydrogen (secondary N) is 1. The summed E-state index contributed by atoms with van der Waals surface area (Å²) in [7, 11) is 0. The van der Waals surface area contributed by atoms with Crippen LogP contribution in [-0.2, 0) is 19.6 Å². The van der Waals surface area contributed by atoms with Crippen LogP contribution in [0.4, 0.5) is 0 Å². The van der Waals surface area contributed by atoms with Gasteiger partial charge in [0.2, 0.25) is 0 Å². The Bertz CT molecular complexity index is 837. The molecule has 1 N–H and O–H groups in total. The normalized spacial score (nSPS) is 10.3. The van der Waals surface area contributed by atoms with Crippen LogP contribution < -0.4 is 10.1 Å². The minimum atomic E-state index is 0. The van der Waals surface area contributed by atoms with E-state index in [1.165, 1.54) is 11.1 Å². The Labute approximate surface area is 176 Å². The van der Waals surface area contributed by atoms with Gasteiger partial charge < -0.3 is 10.1 Å². The fourth-order valence-corrected chi connectivity index (χ4v) is 2.95. The van der Waals surface area contributed by atoms with Gasteiger partial charge >= 0.3 is 0 Å². The van der Waals surface area contributed by atoms with Crippen molar-refractivity contribution >= 4 is 35.6 Å². The summed E-state index contributed by atoms with van der Waals surface area (Å²) in [5, 5.41) is 4.97. The molecule has 142 valence electrons. The summed E-state index contributed by atoms with van der Waals surface area (Å²) in [5.74, 6) is 0.849. The lowest BCUT2D eigenvalue weighted by atomic mass is 10.1. The van der Waals surface area contributed by atoms with Crippen molar-refractivity contribution in [3.63, 3.8) is 0 Å². The van der Waals surface area contributed by atoms with Gasteiger partial charge in [0.1, 0.15) is 12.4 Å². The maximum Gasteiger partial charge on any atom is 0.120 e. The molecule has 0 aliphatic carbocycles. The van der Waals surface area contributed by atoms with E-state index in [1.54, 1.807) is 0 Å². The summed E-state index contributed by atoms with van der Waals surface area (Å²) in [6.07, 6.45) is 0.972. The van der Waals surface area contributed by atoms with Crippen LogP contribution in [-0.4, -0.2) is 6.54 Å². The largest absolute Gasteiger partial charge is 0.489 e. The molecule has 0 aliphatic heterocycles. The van der Waals surface area contributed by atoms with Crippen LogP contribution in [0.3, 0.4) is 0 Å². The highest BCUT2D eigenvalue weighted by Gasteiger charge is 2.02. The van der Waals surface area contributed by atoms with E-state index >= 15 is 0 Å². The van der Waals surface area contributed by atoms with Gasteiger partial charge in [-0.25, -0.2) is 0 Å². The number of hydrogen-bond donors (Lipinski definition) is 1. The minimum Gasteiger partial charge on any atom is -0.489 e. The zero-order valence-electron chi connectivity index (χ0n) is 14.8. The molecule has 3 aromatic rings. The lowest BCUT2D eigenvalue weighted by molar-refractivity contribution is 0.306. The van der Waals surface area contributed by atoms with Gasteiger partial charge in [0.15, 0.2) is 0 Å². The van der Waals surface area contributed by atoms with Crippen molar-refractivity contribution in [3.8, 4) is 5.75 Å². The maximum absolute atomic E-state index is 6.17. The molecule has 0 saturated carbocycles. The minimum absolute atomic E-state index is 0. The quantitative estimate of drug-likeness (QED) is 0.428. The average molecular weight is 423 g/mol. The summed E-state index contributed by atoms with van der Waals surface area (Å²) in [6, 6.07) is 23.9. The maximum atomic E-state index is 6.17. The summed E-state index contributed by atoms with van der Waals surface area (Å²) in [4.78, 5) is 0. The molecule has 0 aromatic heterocycles. The molecular formula is C22H22Cl3NO. The van der Waals surface area contributed by atoms with Crippen molar-refractivity contribution in [2.24, 2.45) is 0 Å². The van der Waals surface area contributed by atoms with Crippen molar-refractivity contribution in [2.75, 3.05) is 6.54 Å². The number of rotatable bonds is 8. The summed E-state index contributed by atoms with van der Waals surface area (Å²) in [6.45, 7) is 2.18. The number of benzene rings is 3. The second-order valence-corrected chi connectivity index (χ2v) is 6.92. The smallest absolute Gasteiger partial charge is 0.120 e. The topological polar surface area (TPSA) is 21.3 Å². The fraction of sp³-hybridized carbons (Fsp3) is 0.182. The van der Waals surface area contributed by atoms with E-state index in [2.05, 4.69) is 29.6 Å². The second-order valence-electron chi connectivity index (χ2n) is 6.08. The summed E-state index contributed by atoms with van der Waals surface area (Å²) < 4.78 is 5.88. The van der Waals surface area contributed by atoms with Gasteiger partial charge in [0.05, 0.1) is 0 Å². The van der Waals surface area contributed by atoms with Crippen LogP contribution in [0, 0.1) is 0 Å². The van der Waals surface area contributed by atoms with E-state index in [0.717, 1.165) is 40.9 Å². The predicted molar refractivity (Wildman–Crippen MR) is 116 cm³/mol. The zero-order chi connectivity index (χ0) is 18.2. The zero-order valence-corrected chi connectivity index (χ0v) is 17.2. The van der Waals surface area contributed by atoms with E-state index in [-0.39, 0.29) is 12.4 Å². The SMILES string of the molecule is Cl.Clc1ccc(CCNCc2cccc(OCc3ccccc3Cl)c2)cc1. The average Bonchev–Trinajstić information content (AvgIpc) is 2.66. The summed E-state index contributed by atoms with van der Waals surface area (Å²) >= 11 is 12.1. The molecule has 0 bridgehead atoms. The molecule has 27 heavy (non-hydrogen) atoms. The van der Waals surface area contributed by atoms with E-state index in [9.17, 15) is 0 Å². The molecule has 0 amide bonds. The number of halogens is 3. The third kappa shape index (κ3) is 7.08. The van der Waals surface area contributed by atoms with E-state index in [4.69, 9.17) is 27.9 Å². The lowest BCUT2D eigenvalue weighted by Crippen LogP contribution is -2.16. The van der Waals surface area contributed by atoms with Gasteiger partial charge in [-0.3, -0.25) is 0 Å². The third-order valence-corrected chi connectivity index (χ3v) is 4.70. The lowest BCUT2D eigenvalue weighted by Gasteiger charge is -2.10. The number of hydrogen-bond acceptors (Lipinski definition) is 2. The first kappa shape index (κ1) is 21.6. The Morgan fingerprint density at radius 1 is 0.815 bits per heavy atom. The molecule has 0 aliphatic rings. The van der Waals surface area contributed by atoms with Gasteiger partial charge in [-0.1, -0.05) is 65.7 Å². The Balaban J connectivity index is 0.00000261. The molecule has 2 nitrogen and oxygen atoms in total. The van der Waals surface area contributed by atoms with E-state index in [1.807, 2.05) is 48.5 Å². The van der Waals surface area contributed by atoms with Crippen LogP contribution in [0.25, 0.3) is 0 Å². The van der Waals surface area contributed by atoms with Gasteiger partial charge in [-0.15, -0.1) is 12.4 Å². The van der Waals surface area contributed by atoms with Gasteiger partial charge in [-0.05, 0) is 54.4 Å². The van der Waals surface area contributed by atoms with Crippen molar-refractivity contribution in [1.82, 2.24) is 5.32 Å². The molecule has 5 heteroatoms. The highest BCUT2D eigenvalue weighted by molar-refractivity contribution is 6.31. The monoisotopic (exact) mass is 421 g/mol. The van der Waals surface area contributed by atoms with Crippen LogP contribution in [0.5, 0.6) is 5.75 Å². The van der Waals surface area contributed by atoms with Gasteiger partial charge in [0.25, 0.3) is 0 Å². The Morgan fingerprint density at radius 2 is 1.59 bits per heavy atom. The Morgan fingerprint density at radius 3 is 2.37 bits per heavy atom. The van der Waals surface area contributed by atoms with E-state index in [0.29, 0.717) is 6.61 Å². The standard InChI is InChI=1S/C22H21Cl2NO.ClH/c23-20-10-8-17(9-11-20)12-13-25-15-18-4-3-6-21(14-18)26-16-19-5-1-2-7-22(19)24;/h1-11,14,25H,12-13,15-16H2;1H. The number of ether oxygens (including phenoxy) is 1. The highest BCUT2D eigenvalue weighted by atomic mass is 35.5. The van der Waals surface area contributed by atoms with Gasteiger partial charge in [-0.2, -0.15) is 0 Å². The highest BCUT2D eigenvalue weighted by Crippen LogP contribution is 2.19. The molecule has 0 saturated heterocycles. The van der Waals surface area contributed by atoms with Gasteiger partial charge in [0, 0.05) is 22.2 Å².